The van der Waals surface area contributed by atoms with E-state index in [0.29, 0.717) is 11.6 Å². The molecule has 4 fully saturated rings. The number of para-hydroxylation sites is 1. The number of anilines is 1. The lowest BCUT2D eigenvalue weighted by atomic mass is 9.53. The van der Waals surface area contributed by atoms with Crippen LogP contribution in [0.2, 0.25) is 0 Å². The van der Waals surface area contributed by atoms with Crippen LogP contribution in [-0.2, 0) is 6.42 Å². The van der Waals surface area contributed by atoms with Gasteiger partial charge >= 0.3 is 0 Å². The molecule has 5 aliphatic rings. The highest BCUT2D eigenvalue weighted by molar-refractivity contribution is 5.85. The average Bonchev–Trinajstić information content (AvgIpc) is 3.11. The fourth-order valence-electron chi connectivity index (χ4n) is 8.01. The molecular formula is C28H33N3. The molecule has 4 aliphatic carbocycles. The summed E-state index contributed by atoms with van der Waals surface area (Å²) in [4.78, 5) is 3.72. The van der Waals surface area contributed by atoms with Gasteiger partial charge in [-0.05, 0) is 98.9 Å². The standard InChI is InChI=1S/C28H33N3/c1-17-10-24-23-4-2-3-5-25(23)30-27(24)26(29-17)21-6-8-22(9-7-21)31-28-14-18-11-19(15-28)13-20(12-18)16-28/h2-9,17-20,26,29-31H,10-16H2,1H3/t17-,18?,19?,20?,26?,28?/m0/s1. The Morgan fingerprint density at radius 2 is 1.55 bits per heavy atom. The number of aromatic amines is 1. The smallest absolute Gasteiger partial charge is 0.0734 e. The molecule has 0 spiro atoms. The maximum absolute atomic E-state index is 4.04. The predicted molar refractivity (Wildman–Crippen MR) is 127 cm³/mol. The van der Waals surface area contributed by atoms with Crippen LogP contribution in [0.25, 0.3) is 10.9 Å². The summed E-state index contributed by atoms with van der Waals surface area (Å²) >= 11 is 0. The summed E-state index contributed by atoms with van der Waals surface area (Å²) in [6.45, 7) is 2.31. The first-order valence-electron chi connectivity index (χ1n) is 12.4. The van der Waals surface area contributed by atoms with Gasteiger partial charge in [-0.15, -0.1) is 0 Å². The summed E-state index contributed by atoms with van der Waals surface area (Å²) in [5.74, 6) is 2.93. The van der Waals surface area contributed by atoms with Crippen LogP contribution in [0.4, 0.5) is 5.69 Å². The van der Waals surface area contributed by atoms with Crippen molar-refractivity contribution in [2.45, 2.75) is 69.5 Å². The molecule has 3 N–H and O–H groups in total. The number of benzene rings is 2. The Morgan fingerprint density at radius 3 is 2.26 bits per heavy atom. The minimum atomic E-state index is 0.236. The van der Waals surface area contributed by atoms with Gasteiger partial charge in [-0.1, -0.05) is 30.3 Å². The monoisotopic (exact) mass is 411 g/mol. The largest absolute Gasteiger partial charge is 0.380 e. The summed E-state index contributed by atoms with van der Waals surface area (Å²) in [6, 6.07) is 18.8. The van der Waals surface area contributed by atoms with Gasteiger partial charge in [0.25, 0.3) is 0 Å². The zero-order valence-electron chi connectivity index (χ0n) is 18.5. The van der Waals surface area contributed by atoms with Gasteiger partial charge in [-0.3, -0.25) is 0 Å². The van der Waals surface area contributed by atoms with Crippen molar-refractivity contribution in [3.63, 3.8) is 0 Å². The van der Waals surface area contributed by atoms with Gasteiger partial charge in [0, 0.05) is 33.9 Å². The van der Waals surface area contributed by atoms with Crippen molar-refractivity contribution >= 4 is 16.6 Å². The third-order valence-corrected chi connectivity index (χ3v) is 8.79. The maximum atomic E-state index is 4.04. The van der Waals surface area contributed by atoms with Crippen LogP contribution in [0, 0.1) is 17.8 Å². The second kappa shape index (κ2) is 6.62. The number of aromatic nitrogens is 1. The molecule has 1 aromatic heterocycles. The van der Waals surface area contributed by atoms with Crippen molar-refractivity contribution in [1.29, 1.82) is 0 Å². The quantitative estimate of drug-likeness (QED) is 0.482. The molecule has 0 amide bonds. The zero-order valence-corrected chi connectivity index (χ0v) is 18.5. The summed E-state index contributed by atoms with van der Waals surface area (Å²) in [5, 5.41) is 9.27. The molecule has 3 nitrogen and oxygen atoms in total. The SMILES string of the molecule is C[C@H]1Cc2c([nH]c3ccccc23)C(c2ccc(NC34CC5CC(CC(C5)C3)C4)cc2)N1. The highest BCUT2D eigenvalue weighted by atomic mass is 15.0. The Labute approximate surface area is 185 Å². The van der Waals surface area contributed by atoms with Gasteiger partial charge in [0.05, 0.1) is 6.04 Å². The van der Waals surface area contributed by atoms with E-state index in [1.807, 2.05) is 0 Å². The van der Waals surface area contributed by atoms with E-state index in [1.165, 1.54) is 71.9 Å². The Morgan fingerprint density at radius 1 is 0.871 bits per heavy atom. The van der Waals surface area contributed by atoms with Crippen LogP contribution < -0.4 is 10.6 Å². The van der Waals surface area contributed by atoms with E-state index in [1.54, 1.807) is 0 Å². The molecule has 3 aromatic rings. The molecule has 1 unspecified atom stereocenters. The number of hydrogen-bond donors (Lipinski definition) is 3. The first kappa shape index (κ1) is 18.3. The third-order valence-electron chi connectivity index (χ3n) is 8.79. The van der Waals surface area contributed by atoms with Crippen molar-refractivity contribution in [3.8, 4) is 0 Å². The number of fused-ring (bicyclic) bond motifs is 3. The zero-order chi connectivity index (χ0) is 20.6. The number of hydrogen-bond acceptors (Lipinski definition) is 2. The van der Waals surface area contributed by atoms with Crippen LogP contribution in [0.1, 0.15) is 68.3 Å². The Kier molecular flexibility index (Phi) is 3.91. The van der Waals surface area contributed by atoms with E-state index in [4.69, 9.17) is 0 Å². The molecule has 0 saturated heterocycles. The van der Waals surface area contributed by atoms with Crippen LogP contribution in [0.5, 0.6) is 0 Å². The molecule has 2 atom stereocenters. The van der Waals surface area contributed by atoms with Crippen molar-refractivity contribution in [3.05, 3.63) is 65.4 Å². The molecule has 0 radical (unpaired) electrons. The first-order valence-corrected chi connectivity index (χ1v) is 12.4. The molecule has 160 valence electrons. The van der Waals surface area contributed by atoms with Crippen molar-refractivity contribution in [1.82, 2.24) is 10.3 Å². The van der Waals surface area contributed by atoms with Gasteiger partial charge in [0.2, 0.25) is 0 Å². The van der Waals surface area contributed by atoms with E-state index >= 15 is 0 Å². The average molecular weight is 412 g/mol. The highest BCUT2D eigenvalue weighted by Crippen LogP contribution is 2.56. The summed E-state index contributed by atoms with van der Waals surface area (Å²) in [7, 11) is 0. The Balaban J connectivity index is 1.18. The van der Waals surface area contributed by atoms with E-state index in [-0.39, 0.29) is 6.04 Å². The molecule has 4 saturated carbocycles. The molecule has 8 rings (SSSR count). The lowest BCUT2D eigenvalue weighted by molar-refractivity contribution is 0.0107. The fourth-order valence-corrected chi connectivity index (χ4v) is 8.01. The van der Waals surface area contributed by atoms with Crippen LogP contribution in [-0.4, -0.2) is 16.6 Å². The number of nitrogens with one attached hydrogen (secondary N) is 3. The van der Waals surface area contributed by atoms with Gasteiger partial charge < -0.3 is 15.6 Å². The molecule has 2 heterocycles. The van der Waals surface area contributed by atoms with Gasteiger partial charge in [0.15, 0.2) is 0 Å². The van der Waals surface area contributed by atoms with Crippen molar-refractivity contribution in [2.24, 2.45) is 17.8 Å². The lowest BCUT2D eigenvalue weighted by Gasteiger charge is -2.57. The van der Waals surface area contributed by atoms with Crippen LogP contribution in [0.15, 0.2) is 48.5 Å². The molecule has 1 aliphatic heterocycles. The molecule has 2 aromatic carbocycles. The highest BCUT2D eigenvalue weighted by Gasteiger charge is 2.50. The lowest BCUT2D eigenvalue weighted by Crippen LogP contribution is -2.54. The van der Waals surface area contributed by atoms with Gasteiger partial charge in [0.1, 0.15) is 0 Å². The molecule has 3 heteroatoms. The Bertz CT molecular complexity index is 1090. The van der Waals surface area contributed by atoms with E-state index in [2.05, 4.69) is 71.1 Å². The number of H-pyrrole nitrogens is 1. The van der Waals surface area contributed by atoms with Crippen molar-refractivity contribution < 1.29 is 0 Å². The second-order valence-corrected chi connectivity index (χ2v) is 11.2. The molecular weight excluding hydrogens is 378 g/mol. The summed E-state index contributed by atoms with van der Waals surface area (Å²) < 4.78 is 0. The first-order chi connectivity index (χ1) is 15.1. The van der Waals surface area contributed by atoms with Gasteiger partial charge in [-0.2, -0.15) is 0 Å². The van der Waals surface area contributed by atoms with E-state index in [0.717, 1.165) is 24.2 Å². The second-order valence-electron chi connectivity index (χ2n) is 11.2. The van der Waals surface area contributed by atoms with Gasteiger partial charge in [-0.25, -0.2) is 0 Å². The fraction of sp³-hybridized carbons (Fsp3) is 0.500. The molecule has 31 heavy (non-hydrogen) atoms. The minimum Gasteiger partial charge on any atom is -0.380 e. The van der Waals surface area contributed by atoms with Crippen molar-refractivity contribution in [2.75, 3.05) is 5.32 Å². The maximum Gasteiger partial charge on any atom is 0.0734 e. The Hall–Kier alpha value is -2.26. The molecule has 4 bridgehead atoms. The predicted octanol–water partition coefficient (Wildman–Crippen LogP) is 6.17. The summed E-state index contributed by atoms with van der Waals surface area (Å²) in [6.07, 6.45) is 9.75. The van der Waals surface area contributed by atoms with E-state index in [9.17, 15) is 0 Å². The third kappa shape index (κ3) is 2.96. The minimum absolute atomic E-state index is 0.236. The topological polar surface area (TPSA) is 39.9 Å². The number of rotatable bonds is 3. The van der Waals surface area contributed by atoms with Crippen LogP contribution >= 0.6 is 0 Å². The van der Waals surface area contributed by atoms with Crippen LogP contribution in [0.3, 0.4) is 0 Å². The summed E-state index contributed by atoms with van der Waals surface area (Å²) in [5.41, 5.74) is 7.14. The normalized spacial score (nSPS) is 36.0. The van der Waals surface area contributed by atoms with E-state index < -0.39 is 0 Å².